The maximum atomic E-state index is 12.7. The van der Waals surface area contributed by atoms with Crippen LogP contribution in [-0.2, 0) is 0 Å². The Kier molecular flexibility index (Phi) is 3.83. The van der Waals surface area contributed by atoms with E-state index < -0.39 is 0 Å². The van der Waals surface area contributed by atoms with Gasteiger partial charge in [0, 0.05) is 18.7 Å². The number of aryl methyl sites for hydroxylation is 1. The van der Waals surface area contributed by atoms with Crippen molar-refractivity contribution in [3.63, 3.8) is 0 Å². The van der Waals surface area contributed by atoms with E-state index in [2.05, 4.69) is 4.98 Å². The summed E-state index contributed by atoms with van der Waals surface area (Å²) < 4.78 is 0. The minimum atomic E-state index is 0.147. The van der Waals surface area contributed by atoms with Crippen LogP contribution in [0.15, 0.2) is 30.3 Å². The first-order valence-corrected chi connectivity index (χ1v) is 7.89. The second-order valence-electron chi connectivity index (χ2n) is 5.13. The van der Waals surface area contributed by atoms with E-state index in [1.807, 2.05) is 42.2 Å². The van der Waals surface area contributed by atoms with Crippen LogP contribution in [-0.4, -0.2) is 28.9 Å². The quantitative estimate of drug-likeness (QED) is 0.842. The molecule has 0 atom stereocenters. The van der Waals surface area contributed by atoms with Gasteiger partial charge in [-0.3, -0.25) is 4.79 Å². The number of carbonyl (C=O) groups is 1. The van der Waals surface area contributed by atoms with Crippen molar-refractivity contribution in [1.82, 2.24) is 9.88 Å². The summed E-state index contributed by atoms with van der Waals surface area (Å²) in [5, 5.41) is 0.948. The van der Waals surface area contributed by atoms with Crippen LogP contribution < -0.4 is 0 Å². The number of benzene rings is 1. The molecule has 0 unspecified atom stereocenters. The van der Waals surface area contributed by atoms with Crippen LogP contribution in [0.4, 0.5) is 0 Å². The third-order valence-electron chi connectivity index (χ3n) is 3.62. The van der Waals surface area contributed by atoms with Crippen molar-refractivity contribution < 1.29 is 4.79 Å². The second kappa shape index (κ2) is 5.75. The summed E-state index contributed by atoms with van der Waals surface area (Å²) in [6.07, 6.45) is 3.46. The maximum Gasteiger partial charge on any atom is 0.266 e. The van der Waals surface area contributed by atoms with Crippen LogP contribution >= 0.6 is 11.3 Å². The third kappa shape index (κ3) is 2.61. The first kappa shape index (κ1) is 13.3. The van der Waals surface area contributed by atoms with Crippen LogP contribution in [0, 0.1) is 6.92 Å². The fraction of sp³-hybridized carbons (Fsp3) is 0.375. The maximum absolute atomic E-state index is 12.7. The zero-order valence-corrected chi connectivity index (χ0v) is 12.4. The lowest BCUT2D eigenvalue weighted by Gasteiger charge is -2.26. The Morgan fingerprint density at radius 3 is 2.55 bits per heavy atom. The number of aromatic nitrogens is 1. The van der Waals surface area contributed by atoms with E-state index in [-0.39, 0.29) is 5.91 Å². The lowest BCUT2D eigenvalue weighted by molar-refractivity contribution is 0.0730. The molecule has 3 nitrogen and oxygen atoms in total. The average Bonchev–Trinajstić information content (AvgIpc) is 2.90. The van der Waals surface area contributed by atoms with Crippen LogP contribution in [0.1, 0.15) is 33.9 Å². The number of likely N-dealkylation sites (tertiary alicyclic amines) is 1. The molecule has 104 valence electrons. The number of carbonyl (C=O) groups excluding carboxylic acids is 1. The molecule has 1 aliphatic heterocycles. The largest absolute Gasteiger partial charge is 0.338 e. The lowest BCUT2D eigenvalue weighted by atomic mass is 10.1. The highest BCUT2D eigenvalue weighted by atomic mass is 32.1. The fourth-order valence-electron chi connectivity index (χ4n) is 2.60. The van der Waals surface area contributed by atoms with Crippen LogP contribution in [0.3, 0.4) is 0 Å². The van der Waals surface area contributed by atoms with Crippen molar-refractivity contribution in [2.24, 2.45) is 0 Å². The normalized spacial score (nSPS) is 15.3. The second-order valence-corrected chi connectivity index (χ2v) is 6.33. The number of hydrogen-bond acceptors (Lipinski definition) is 3. The zero-order valence-electron chi connectivity index (χ0n) is 11.6. The first-order valence-electron chi connectivity index (χ1n) is 7.08. The van der Waals surface area contributed by atoms with Gasteiger partial charge >= 0.3 is 0 Å². The molecule has 20 heavy (non-hydrogen) atoms. The molecule has 2 aromatic rings. The van der Waals surface area contributed by atoms with Crippen LogP contribution in [0.25, 0.3) is 11.3 Å². The summed E-state index contributed by atoms with van der Waals surface area (Å²) in [5.41, 5.74) is 1.86. The molecule has 0 N–H and O–H groups in total. The molecular formula is C16H18N2OS. The average molecular weight is 286 g/mol. The van der Waals surface area contributed by atoms with Crippen molar-refractivity contribution in [2.75, 3.05) is 13.1 Å². The first-order chi connectivity index (χ1) is 9.75. The summed E-state index contributed by atoms with van der Waals surface area (Å²) in [6, 6.07) is 9.98. The van der Waals surface area contributed by atoms with E-state index in [9.17, 15) is 4.79 Å². The number of amides is 1. The van der Waals surface area contributed by atoms with Gasteiger partial charge in [0.15, 0.2) is 0 Å². The molecular weight excluding hydrogens is 268 g/mol. The van der Waals surface area contributed by atoms with Gasteiger partial charge in [-0.2, -0.15) is 0 Å². The molecule has 1 fully saturated rings. The zero-order chi connectivity index (χ0) is 13.9. The number of rotatable bonds is 2. The predicted molar refractivity (Wildman–Crippen MR) is 82.0 cm³/mol. The number of thiazole rings is 1. The Morgan fingerprint density at radius 1 is 1.15 bits per heavy atom. The Balaban J connectivity index is 1.95. The van der Waals surface area contributed by atoms with Gasteiger partial charge in [0.25, 0.3) is 5.91 Å². The Hall–Kier alpha value is -1.68. The Morgan fingerprint density at radius 2 is 1.85 bits per heavy atom. The van der Waals surface area contributed by atoms with Gasteiger partial charge in [0.1, 0.15) is 4.88 Å². The summed E-state index contributed by atoms with van der Waals surface area (Å²) in [5.74, 6) is 0.147. The molecule has 0 radical (unpaired) electrons. The molecule has 0 bridgehead atoms. The van der Waals surface area contributed by atoms with Crippen LogP contribution in [0.2, 0.25) is 0 Å². The number of nitrogens with zero attached hydrogens (tertiary/aromatic N) is 2. The third-order valence-corrected chi connectivity index (χ3v) is 4.58. The predicted octanol–water partition coefficient (Wildman–Crippen LogP) is 3.74. The molecule has 3 rings (SSSR count). The van der Waals surface area contributed by atoms with E-state index in [1.54, 1.807) is 0 Å². The smallest absolute Gasteiger partial charge is 0.266 e. The van der Waals surface area contributed by atoms with Gasteiger partial charge in [-0.05, 0) is 26.2 Å². The highest BCUT2D eigenvalue weighted by Gasteiger charge is 2.24. The van der Waals surface area contributed by atoms with Crippen molar-refractivity contribution in [1.29, 1.82) is 0 Å². The van der Waals surface area contributed by atoms with Gasteiger partial charge in [0.05, 0.1) is 10.7 Å². The highest BCUT2D eigenvalue weighted by Crippen LogP contribution is 2.29. The summed E-state index contributed by atoms with van der Waals surface area (Å²) >= 11 is 1.51. The van der Waals surface area contributed by atoms with E-state index >= 15 is 0 Å². The van der Waals surface area contributed by atoms with Crippen molar-refractivity contribution in [3.8, 4) is 11.3 Å². The standard InChI is InChI=1S/C16H18N2OS/c1-12-17-14(13-8-4-2-5-9-13)15(20-12)16(19)18-10-6-3-7-11-18/h2,4-5,8-9H,3,6-7,10-11H2,1H3. The molecule has 4 heteroatoms. The lowest BCUT2D eigenvalue weighted by Crippen LogP contribution is -2.35. The Labute approximate surface area is 123 Å². The van der Waals surface area contributed by atoms with Crippen molar-refractivity contribution >= 4 is 17.2 Å². The highest BCUT2D eigenvalue weighted by molar-refractivity contribution is 7.14. The Bertz CT molecular complexity index is 600. The molecule has 1 aromatic heterocycles. The number of hydrogen-bond donors (Lipinski definition) is 0. The van der Waals surface area contributed by atoms with E-state index in [0.29, 0.717) is 0 Å². The molecule has 1 saturated heterocycles. The van der Waals surface area contributed by atoms with E-state index in [1.165, 1.54) is 17.8 Å². The molecule has 0 aliphatic carbocycles. The molecule has 2 heterocycles. The number of piperidine rings is 1. The van der Waals surface area contributed by atoms with Gasteiger partial charge in [-0.1, -0.05) is 30.3 Å². The minimum Gasteiger partial charge on any atom is -0.338 e. The van der Waals surface area contributed by atoms with Gasteiger partial charge < -0.3 is 4.90 Å². The van der Waals surface area contributed by atoms with Gasteiger partial charge in [0.2, 0.25) is 0 Å². The summed E-state index contributed by atoms with van der Waals surface area (Å²) in [6.45, 7) is 3.72. The molecule has 0 spiro atoms. The van der Waals surface area contributed by atoms with Crippen molar-refractivity contribution in [3.05, 3.63) is 40.2 Å². The SMILES string of the molecule is Cc1nc(-c2ccccc2)c(C(=O)N2CCCCC2)s1. The monoisotopic (exact) mass is 286 g/mol. The van der Waals surface area contributed by atoms with Gasteiger partial charge in [-0.25, -0.2) is 4.98 Å². The fourth-order valence-corrected chi connectivity index (χ4v) is 3.51. The molecule has 1 aromatic carbocycles. The molecule has 0 saturated carbocycles. The molecule has 1 aliphatic rings. The van der Waals surface area contributed by atoms with Gasteiger partial charge in [-0.15, -0.1) is 11.3 Å². The summed E-state index contributed by atoms with van der Waals surface area (Å²) in [7, 11) is 0. The molecule has 1 amide bonds. The van der Waals surface area contributed by atoms with E-state index in [0.717, 1.165) is 47.1 Å². The minimum absolute atomic E-state index is 0.147. The topological polar surface area (TPSA) is 33.2 Å². The van der Waals surface area contributed by atoms with Crippen molar-refractivity contribution in [2.45, 2.75) is 26.2 Å². The summed E-state index contributed by atoms with van der Waals surface area (Å²) in [4.78, 5) is 20.0. The van der Waals surface area contributed by atoms with E-state index in [4.69, 9.17) is 0 Å². The van der Waals surface area contributed by atoms with Crippen LogP contribution in [0.5, 0.6) is 0 Å².